The molecule has 1 aliphatic carbocycles. The van der Waals surface area contributed by atoms with Crippen molar-refractivity contribution in [1.82, 2.24) is 4.90 Å². The summed E-state index contributed by atoms with van der Waals surface area (Å²) in [5.74, 6) is 0.364. The number of nitrogens with zero attached hydrogens (tertiary/aromatic N) is 1. The molecule has 1 fully saturated rings. The number of aliphatic hydroxyl groups excluding tert-OH is 1. The fourth-order valence-electron chi connectivity index (χ4n) is 3.50. The lowest BCUT2D eigenvalue weighted by molar-refractivity contribution is -0.145. The van der Waals surface area contributed by atoms with Crippen LogP contribution >= 0.6 is 0 Å². The number of likely N-dealkylation sites (N-methyl/N-ethyl adjacent to an activating group) is 1. The predicted molar refractivity (Wildman–Crippen MR) is 83.5 cm³/mol. The Morgan fingerprint density at radius 2 is 1.85 bits per heavy atom. The monoisotopic (exact) mass is 283 g/mol. The van der Waals surface area contributed by atoms with Crippen molar-refractivity contribution in [3.05, 3.63) is 0 Å². The number of rotatable bonds is 6. The Hall–Kier alpha value is -0.570. The Labute approximate surface area is 124 Å². The van der Waals surface area contributed by atoms with Crippen LogP contribution in [0.2, 0.25) is 0 Å². The molecule has 1 rings (SSSR count). The summed E-state index contributed by atoms with van der Waals surface area (Å²) in [7, 11) is 0. The normalized spacial score (nSPS) is 34.0. The van der Waals surface area contributed by atoms with Gasteiger partial charge in [-0.05, 0) is 43.4 Å². The Morgan fingerprint density at radius 1 is 1.20 bits per heavy atom. The standard InChI is InChI=1S/C17H33NO2/c1-6-16(4)9-10-17(5,7-2)14(13-16)15(20)18(8-3)11-12-19/h14,19H,6-13H2,1-5H3. The summed E-state index contributed by atoms with van der Waals surface area (Å²) in [6, 6.07) is 0. The second-order valence-electron chi connectivity index (χ2n) is 7.07. The number of hydrogen-bond acceptors (Lipinski definition) is 2. The fourth-order valence-corrected chi connectivity index (χ4v) is 3.50. The maximum absolute atomic E-state index is 12.9. The van der Waals surface area contributed by atoms with Gasteiger partial charge in [0.2, 0.25) is 5.91 Å². The zero-order valence-electron chi connectivity index (χ0n) is 14.0. The first kappa shape index (κ1) is 17.5. The van der Waals surface area contributed by atoms with Gasteiger partial charge in [-0.2, -0.15) is 0 Å². The number of aliphatic hydroxyl groups is 1. The second kappa shape index (κ2) is 6.93. The molecule has 0 spiro atoms. The average molecular weight is 283 g/mol. The molecule has 3 nitrogen and oxygen atoms in total. The van der Waals surface area contributed by atoms with E-state index in [1.165, 1.54) is 6.42 Å². The maximum Gasteiger partial charge on any atom is 0.226 e. The van der Waals surface area contributed by atoms with Gasteiger partial charge in [-0.3, -0.25) is 4.79 Å². The SMILES string of the molecule is CCN(CCO)C(=O)C1CC(C)(CC)CCC1(C)CC. The van der Waals surface area contributed by atoms with Gasteiger partial charge in [-0.25, -0.2) is 0 Å². The molecule has 1 aliphatic rings. The van der Waals surface area contributed by atoms with Gasteiger partial charge in [0.25, 0.3) is 0 Å². The van der Waals surface area contributed by atoms with E-state index in [1.807, 2.05) is 11.8 Å². The summed E-state index contributed by atoms with van der Waals surface area (Å²) in [6.07, 6.45) is 5.56. The Balaban J connectivity index is 2.97. The third-order valence-electron chi connectivity index (χ3n) is 5.86. The minimum atomic E-state index is 0.0557. The molecule has 0 radical (unpaired) electrons. The molecule has 1 saturated carbocycles. The van der Waals surface area contributed by atoms with Crippen molar-refractivity contribution in [2.75, 3.05) is 19.7 Å². The largest absolute Gasteiger partial charge is 0.395 e. The summed E-state index contributed by atoms with van der Waals surface area (Å²) in [4.78, 5) is 14.7. The van der Waals surface area contributed by atoms with Crippen LogP contribution in [-0.2, 0) is 4.79 Å². The molecule has 0 bridgehead atoms. The Kier molecular flexibility index (Phi) is 6.06. The number of carbonyl (C=O) groups excluding carboxylic acids is 1. The Morgan fingerprint density at radius 3 is 2.30 bits per heavy atom. The predicted octanol–water partition coefficient (Wildman–Crippen LogP) is 3.46. The van der Waals surface area contributed by atoms with Crippen molar-refractivity contribution < 1.29 is 9.90 Å². The van der Waals surface area contributed by atoms with Crippen LogP contribution in [0.3, 0.4) is 0 Å². The summed E-state index contributed by atoms with van der Waals surface area (Å²) in [5, 5.41) is 9.16. The van der Waals surface area contributed by atoms with E-state index in [-0.39, 0.29) is 23.8 Å². The minimum Gasteiger partial charge on any atom is -0.395 e. The highest BCUT2D eigenvalue weighted by atomic mass is 16.3. The van der Waals surface area contributed by atoms with Crippen LogP contribution in [0.5, 0.6) is 0 Å². The van der Waals surface area contributed by atoms with E-state index in [4.69, 9.17) is 5.11 Å². The molecule has 0 aromatic heterocycles. The molecule has 1 N–H and O–H groups in total. The van der Waals surface area contributed by atoms with Gasteiger partial charge in [0, 0.05) is 19.0 Å². The lowest BCUT2D eigenvalue weighted by Gasteiger charge is -2.49. The van der Waals surface area contributed by atoms with Crippen LogP contribution in [-0.4, -0.2) is 35.6 Å². The number of amides is 1. The van der Waals surface area contributed by atoms with Crippen LogP contribution in [0, 0.1) is 16.7 Å². The van der Waals surface area contributed by atoms with Gasteiger partial charge < -0.3 is 10.0 Å². The molecule has 0 aliphatic heterocycles. The molecule has 0 aromatic rings. The second-order valence-corrected chi connectivity index (χ2v) is 7.07. The highest BCUT2D eigenvalue weighted by Gasteiger charge is 2.47. The average Bonchev–Trinajstić information content (AvgIpc) is 2.47. The number of carbonyl (C=O) groups is 1. The van der Waals surface area contributed by atoms with Gasteiger partial charge in [-0.1, -0.05) is 34.1 Å². The van der Waals surface area contributed by atoms with Crippen molar-refractivity contribution in [2.24, 2.45) is 16.7 Å². The summed E-state index contributed by atoms with van der Waals surface area (Å²) >= 11 is 0. The van der Waals surface area contributed by atoms with Gasteiger partial charge in [0.15, 0.2) is 0 Å². The van der Waals surface area contributed by atoms with Crippen molar-refractivity contribution in [3.63, 3.8) is 0 Å². The number of hydrogen-bond donors (Lipinski definition) is 1. The van der Waals surface area contributed by atoms with Crippen molar-refractivity contribution >= 4 is 5.91 Å². The molecule has 3 heteroatoms. The topological polar surface area (TPSA) is 40.5 Å². The molecule has 20 heavy (non-hydrogen) atoms. The van der Waals surface area contributed by atoms with Crippen LogP contribution in [0.1, 0.15) is 66.7 Å². The van der Waals surface area contributed by atoms with E-state index in [2.05, 4.69) is 27.7 Å². The van der Waals surface area contributed by atoms with Crippen LogP contribution < -0.4 is 0 Å². The molecule has 3 atom stereocenters. The van der Waals surface area contributed by atoms with Crippen molar-refractivity contribution in [3.8, 4) is 0 Å². The first-order chi connectivity index (χ1) is 9.35. The van der Waals surface area contributed by atoms with Crippen molar-refractivity contribution in [1.29, 1.82) is 0 Å². The third kappa shape index (κ3) is 3.55. The first-order valence-electron chi connectivity index (χ1n) is 8.25. The zero-order valence-corrected chi connectivity index (χ0v) is 14.0. The Bertz CT molecular complexity index is 331. The molecular formula is C17H33NO2. The van der Waals surface area contributed by atoms with E-state index < -0.39 is 0 Å². The van der Waals surface area contributed by atoms with E-state index in [0.29, 0.717) is 18.5 Å². The fraction of sp³-hybridized carbons (Fsp3) is 0.941. The maximum atomic E-state index is 12.9. The highest BCUT2D eigenvalue weighted by molar-refractivity contribution is 5.80. The molecule has 0 saturated heterocycles. The van der Waals surface area contributed by atoms with Gasteiger partial charge in [0.1, 0.15) is 0 Å². The highest BCUT2D eigenvalue weighted by Crippen LogP contribution is 2.52. The molecule has 3 unspecified atom stereocenters. The van der Waals surface area contributed by atoms with Gasteiger partial charge >= 0.3 is 0 Å². The first-order valence-corrected chi connectivity index (χ1v) is 8.25. The quantitative estimate of drug-likeness (QED) is 0.811. The molecule has 1 amide bonds. The molecule has 0 aromatic carbocycles. The lowest BCUT2D eigenvalue weighted by Crippen LogP contribution is -2.48. The third-order valence-corrected chi connectivity index (χ3v) is 5.86. The van der Waals surface area contributed by atoms with Gasteiger partial charge in [-0.15, -0.1) is 0 Å². The van der Waals surface area contributed by atoms with Crippen LogP contribution in [0.4, 0.5) is 0 Å². The summed E-state index contributed by atoms with van der Waals surface area (Å²) in [6.45, 7) is 12.3. The molecule has 118 valence electrons. The van der Waals surface area contributed by atoms with Crippen LogP contribution in [0.25, 0.3) is 0 Å². The lowest BCUT2D eigenvalue weighted by atomic mass is 9.57. The molecule has 0 heterocycles. The van der Waals surface area contributed by atoms with E-state index in [1.54, 1.807) is 0 Å². The van der Waals surface area contributed by atoms with Gasteiger partial charge in [0.05, 0.1) is 6.61 Å². The summed E-state index contributed by atoms with van der Waals surface area (Å²) < 4.78 is 0. The molecular weight excluding hydrogens is 250 g/mol. The van der Waals surface area contributed by atoms with Crippen molar-refractivity contribution in [2.45, 2.75) is 66.7 Å². The smallest absolute Gasteiger partial charge is 0.226 e. The zero-order chi connectivity index (χ0) is 15.4. The minimum absolute atomic E-state index is 0.0557. The van der Waals surface area contributed by atoms with E-state index in [0.717, 1.165) is 25.7 Å². The van der Waals surface area contributed by atoms with E-state index in [9.17, 15) is 4.79 Å². The summed E-state index contributed by atoms with van der Waals surface area (Å²) in [5.41, 5.74) is 0.419. The van der Waals surface area contributed by atoms with E-state index >= 15 is 0 Å². The van der Waals surface area contributed by atoms with Crippen LogP contribution in [0.15, 0.2) is 0 Å².